The number of nitrogens with one attached hydrogen (secondary N) is 1. The summed E-state index contributed by atoms with van der Waals surface area (Å²) >= 11 is 0. The number of alkyl halides is 3. The summed E-state index contributed by atoms with van der Waals surface area (Å²) in [6.07, 6.45) is -4.50. The van der Waals surface area contributed by atoms with Crippen molar-refractivity contribution in [2.75, 3.05) is 18.6 Å². The third-order valence-electron chi connectivity index (χ3n) is 5.93. The van der Waals surface area contributed by atoms with E-state index in [0.29, 0.717) is 16.7 Å². The largest absolute Gasteiger partial charge is 0.466 e. The van der Waals surface area contributed by atoms with E-state index in [1.165, 1.54) is 30.0 Å². The number of hydrogen-bond donors (Lipinski definition) is 2. The summed E-state index contributed by atoms with van der Waals surface area (Å²) in [6.45, 7) is 1.24. The van der Waals surface area contributed by atoms with Gasteiger partial charge in [-0.05, 0) is 54.8 Å². The van der Waals surface area contributed by atoms with E-state index in [9.17, 15) is 33.1 Å². The number of esters is 1. The quantitative estimate of drug-likeness (QED) is 0.517. The number of aliphatic hydroxyl groups is 1. The van der Waals surface area contributed by atoms with Crippen LogP contribution in [0.2, 0.25) is 0 Å². The number of fused-ring (bicyclic) bond motifs is 1. The normalized spacial score (nSPS) is 15.5. The van der Waals surface area contributed by atoms with Gasteiger partial charge in [-0.1, -0.05) is 12.1 Å². The summed E-state index contributed by atoms with van der Waals surface area (Å²) in [5.74, 6) is -0.860. The van der Waals surface area contributed by atoms with Crippen molar-refractivity contribution in [3.05, 3.63) is 86.5 Å². The maximum Gasteiger partial charge on any atom is 0.416 e. The summed E-state index contributed by atoms with van der Waals surface area (Å²) in [5.41, 5.74) is -0.205. The number of ether oxygens (including phenoxy) is 1. The van der Waals surface area contributed by atoms with E-state index in [1.807, 2.05) is 6.07 Å². The molecule has 0 fully saturated rings. The Hall–Kier alpha value is -4.37. The molecule has 1 unspecified atom stereocenters. The summed E-state index contributed by atoms with van der Waals surface area (Å²) in [4.78, 5) is 27.3. The zero-order chi connectivity index (χ0) is 26.2. The zero-order valence-corrected chi connectivity index (χ0v) is 19.1. The van der Waals surface area contributed by atoms with Gasteiger partial charge in [0, 0.05) is 18.0 Å². The molecule has 2 heterocycles. The Labute approximate surface area is 202 Å². The van der Waals surface area contributed by atoms with E-state index >= 15 is 0 Å². The Morgan fingerprint density at radius 2 is 2.03 bits per heavy atom. The minimum Gasteiger partial charge on any atom is -0.466 e. The lowest BCUT2D eigenvalue weighted by Crippen LogP contribution is -2.38. The molecule has 1 atom stereocenters. The molecule has 2 N–H and O–H groups in total. The van der Waals surface area contributed by atoms with Crippen molar-refractivity contribution in [2.45, 2.75) is 25.6 Å². The fourth-order valence-corrected chi connectivity index (χ4v) is 4.36. The van der Waals surface area contributed by atoms with Crippen LogP contribution in [0, 0.1) is 11.3 Å². The number of anilines is 2. The van der Waals surface area contributed by atoms with Crippen molar-refractivity contribution >= 4 is 17.6 Å². The molecular formula is C24H20F3N5O4. The number of aliphatic hydroxyl groups excluding tert-OH is 1. The molecule has 0 bridgehead atoms. The van der Waals surface area contributed by atoms with Crippen LogP contribution in [0.25, 0.3) is 0 Å². The first-order valence-corrected chi connectivity index (χ1v) is 10.7. The fraction of sp³-hybridized carbons (Fsp3) is 0.250. The summed E-state index contributed by atoms with van der Waals surface area (Å²) in [5, 5.41) is 25.3. The molecule has 0 saturated carbocycles. The molecule has 1 aliphatic heterocycles. The molecule has 2 aromatic carbocycles. The van der Waals surface area contributed by atoms with E-state index in [4.69, 9.17) is 4.74 Å². The van der Waals surface area contributed by atoms with E-state index < -0.39 is 29.4 Å². The molecule has 12 heteroatoms. The maximum absolute atomic E-state index is 13.4. The van der Waals surface area contributed by atoms with Crippen LogP contribution in [0.15, 0.2) is 58.5 Å². The highest BCUT2D eigenvalue weighted by atomic mass is 19.4. The van der Waals surface area contributed by atoms with Crippen LogP contribution in [-0.4, -0.2) is 39.6 Å². The van der Waals surface area contributed by atoms with E-state index in [-0.39, 0.29) is 35.9 Å². The lowest BCUT2D eigenvalue weighted by Gasteiger charge is -2.36. The zero-order valence-electron chi connectivity index (χ0n) is 19.1. The van der Waals surface area contributed by atoms with E-state index in [1.54, 1.807) is 12.1 Å². The number of nitrogens with zero attached hydrogens (tertiary/aromatic N) is 4. The Morgan fingerprint density at radius 1 is 1.28 bits per heavy atom. The van der Waals surface area contributed by atoms with Gasteiger partial charge in [-0.25, -0.2) is 19.3 Å². The first kappa shape index (κ1) is 24.7. The second-order valence-electron chi connectivity index (χ2n) is 7.97. The molecule has 1 aliphatic rings. The molecule has 0 spiro atoms. The molecule has 0 aliphatic carbocycles. The highest BCUT2D eigenvalue weighted by Gasteiger charge is 2.40. The third kappa shape index (κ3) is 4.14. The number of carbonyl (C=O) groups excluding carboxylic acids is 1. The topological polar surface area (TPSA) is 124 Å². The summed E-state index contributed by atoms with van der Waals surface area (Å²) in [7, 11) is 1.15. The standard InChI is InChI=1S/C24H20F3N5O4/c1-13-19(21(34)36-2)20(18-7-6-14(12-28)10-15(18)8-9-33)32-22(29-30-23(32)35)31(13)17-5-3-4-16(11-17)24(25,26)27/h3-7,10-11,20,33H,8-9H2,1-2H3,(H,30,35). The SMILES string of the molecule is COC(=O)C1=C(C)N(c2cccc(C(F)(F)F)c2)c2n[nH]c(=O)n2C1c1ccc(C#N)cc1CCO. The lowest BCUT2D eigenvalue weighted by molar-refractivity contribution is -0.138. The van der Waals surface area contributed by atoms with Crippen LogP contribution in [-0.2, 0) is 22.1 Å². The van der Waals surface area contributed by atoms with Gasteiger partial charge in [-0.3, -0.25) is 4.90 Å². The summed E-state index contributed by atoms with van der Waals surface area (Å²) < 4.78 is 46.4. The second kappa shape index (κ2) is 9.35. The first-order valence-electron chi connectivity index (χ1n) is 10.7. The smallest absolute Gasteiger partial charge is 0.416 e. The lowest BCUT2D eigenvalue weighted by atomic mass is 9.89. The molecule has 3 aromatic rings. The van der Waals surface area contributed by atoms with E-state index in [2.05, 4.69) is 10.2 Å². The highest BCUT2D eigenvalue weighted by molar-refractivity contribution is 5.93. The van der Waals surface area contributed by atoms with Crippen molar-refractivity contribution in [3.63, 3.8) is 0 Å². The number of H-pyrrole nitrogens is 1. The molecule has 0 amide bonds. The van der Waals surface area contributed by atoms with Crippen LogP contribution in [0.4, 0.5) is 24.8 Å². The van der Waals surface area contributed by atoms with Gasteiger partial charge >= 0.3 is 17.8 Å². The number of aromatic nitrogens is 3. The molecule has 0 saturated heterocycles. The molecule has 0 radical (unpaired) electrons. The van der Waals surface area contributed by atoms with Crippen LogP contribution in [0.5, 0.6) is 0 Å². The van der Waals surface area contributed by atoms with Crippen molar-refractivity contribution < 1.29 is 27.8 Å². The number of methoxy groups -OCH3 is 1. The molecule has 186 valence electrons. The Kier molecular flexibility index (Phi) is 6.43. The van der Waals surface area contributed by atoms with Gasteiger partial charge in [-0.2, -0.15) is 18.4 Å². The van der Waals surface area contributed by atoms with Crippen LogP contribution in [0.1, 0.15) is 35.2 Å². The number of aromatic amines is 1. The Morgan fingerprint density at radius 3 is 2.67 bits per heavy atom. The predicted molar refractivity (Wildman–Crippen MR) is 121 cm³/mol. The fourth-order valence-electron chi connectivity index (χ4n) is 4.36. The maximum atomic E-state index is 13.4. The van der Waals surface area contributed by atoms with Gasteiger partial charge < -0.3 is 9.84 Å². The number of allylic oxidation sites excluding steroid dienone is 1. The van der Waals surface area contributed by atoms with Gasteiger partial charge in [-0.15, -0.1) is 5.10 Å². The average Bonchev–Trinajstić information content (AvgIpc) is 3.23. The van der Waals surface area contributed by atoms with Crippen LogP contribution >= 0.6 is 0 Å². The minimum atomic E-state index is -4.62. The van der Waals surface area contributed by atoms with Crippen LogP contribution in [0.3, 0.4) is 0 Å². The first-order chi connectivity index (χ1) is 17.1. The number of nitriles is 1. The third-order valence-corrected chi connectivity index (χ3v) is 5.93. The number of hydrogen-bond acceptors (Lipinski definition) is 7. The van der Waals surface area contributed by atoms with Crippen molar-refractivity contribution in [3.8, 4) is 6.07 Å². The number of rotatable bonds is 5. The predicted octanol–water partition coefficient (Wildman–Crippen LogP) is 3.18. The average molecular weight is 499 g/mol. The molecule has 9 nitrogen and oxygen atoms in total. The molecular weight excluding hydrogens is 479 g/mol. The second-order valence-corrected chi connectivity index (χ2v) is 7.97. The van der Waals surface area contributed by atoms with Crippen molar-refractivity contribution in [1.82, 2.24) is 14.8 Å². The molecule has 4 rings (SSSR count). The van der Waals surface area contributed by atoms with Gasteiger partial charge in [0.05, 0.1) is 29.9 Å². The van der Waals surface area contributed by atoms with E-state index in [0.717, 1.165) is 23.8 Å². The van der Waals surface area contributed by atoms with Crippen LogP contribution < -0.4 is 10.6 Å². The van der Waals surface area contributed by atoms with Crippen molar-refractivity contribution in [1.29, 1.82) is 5.26 Å². The van der Waals surface area contributed by atoms with Gasteiger partial charge in [0.25, 0.3) is 0 Å². The number of halogens is 3. The molecule has 36 heavy (non-hydrogen) atoms. The molecule has 1 aromatic heterocycles. The Bertz CT molecular complexity index is 1470. The van der Waals surface area contributed by atoms with Gasteiger partial charge in [0.1, 0.15) is 6.04 Å². The summed E-state index contributed by atoms with van der Waals surface area (Å²) in [6, 6.07) is 9.94. The Balaban J connectivity index is 2.03. The van der Waals surface area contributed by atoms with Crippen molar-refractivity contribution in [2.24, 2.45) is 0 Å². The van der Waals surface area contributed by atoms with Gasteiger partial charge in [0.15, 0.2) is 0 Å². The highest BCUT2D eigenvalue weighted by Crippen LogP contribution is 2.43. The minimum absolute atomic E-state index is 0.0187. The van der Waals surface area contributed by atoms with Gasteiger partial charge in [0.2, 0.25) is 5.95 Å². The number of carbonyl (C=O) groups is 1. The monoisotopic (exact) mass is 499 g/mol. The number of benzene rings is 2.